The first kappa shape index (κ1) is 14.4. The molecule has 0 bridgehead atoms. The van der Waals surface area contributed by atoms with E-state index in [1.54, 1.807) is 0 Å². The number of nitrogens with zero attached hydrogens (tertiary/aromatic N) is 1. The van der Waals surface area contributed by atoms with Crippen molar-refractivity contribution in [2.75, 3.05) is 0 Å². The molecule has 3 aliphatic rings. The summed E-state index contributed by atoms with van der Waals surface area (Å²) >= 11 is 0. The van der Waals surface area contributed by atoms with Crippen LogP contribution in [0.1, 0.15) is 71.1 Å². The fraction of sp³-hybridized carbons (Fsp3) is 0.944. The second kappa shape index (κ2) is 5.68. The first-order chi connectivity index (χ1) is 9.60. The molecule has 2 atom stereocenters. The number of hydrogen-bond acceptors (Lipinski definition) is 2. The van der Waals surface area contributed by atoms with E-state index in [1.807, 2.05) is 0 Å². The van der Waals surface area contributed by atoms with E-state index >= 15 is 0 Å². The molecule has 0 spiro atoms. The smallest absolute Gasteiger partial charge is 0.0678 e. The highest BCUT2D eigenvalue weighted by atomic mass is 16.3. The number of hydrogen-bond donors (Lipinski definition) is 1. The van der Waals surface area contributed by atoms with Crippen molar-refractivity contribution in [1.82, 2.24) is 0 Å². The Balaban J connectivity index is 1.44. The molecule has 112 valence electrons. The van der Waals surface area contributed by atoms with Crippen LogP contribution in [0.5, 0.6) is 0 Å². The first-order valence-corrected chi connectivity index (χ1v) is 8.72. The van der Waals surface area contributed by atoms with Gasteiger partial charge >= 0.3 is 0 Å². The van der Waals surface area contributed by atoms with Gasteiger partial charge in [0.1, 0.15) is 0 Å². The van der Waals surface area contributed by atoms with E-state index in [2.05, 4.69) is 13.0 Å². The summed E-state index contributed by atoms with van der Waals surface area (Å²) in [6.07, 6.45) is 11.8. The predicted octanol–water partition coefficient (Wildman–Crippen LogP) is 4.28. The molecule has 2 unspecified atom stereocenters. The van der Waals surface area contributed by atoms with Gasteiger partial charge in [0.15, 0.2) is 0 Å². The highest BCUT2D eigenvalue weighted by Gasteiger charge is 2.52. The van der Waals surface area contributed by atoms with E-state index in [1.165, 1.54) is 38.5 Å². The third-order valence-corrected chi connectivity index (χ3v) is 6.42. The fourth-order valence-corrected chi connectivity index (χ4v) is 4.75. The van der Waals surface area contributed by atoms with Crippen molar-refractivity contribution < 1.29 is 5.11 Å². The summed E-state index contributed by atoms with van der Waals surface area (Å²) in [5, 5.41) is 19.8. The molecule has 20 heavy (non-hydrogen) atoms. The number of rotatable bonds is 3. The van der Waals surface area contributed by atoms with Crippen molar-refractivity contribution in [2.24, 2.45) is 29.6 Å². The van der Waals surface area contributed by atoms with Crippen LogP contribution in [0.4, 0.5) is 0 Å². The highest BCUT2D eigenvalue weighted by molar-refractivity contribution is 5.03. The van der Waals surface area contributed by atoms with Gasteiger partial charge in [0, 0.05) is 5.92 Å². The van der Waals surface area contributed by atoms with Gasteiger partial charge in [-0.3, -0.25) is 0 Å². The number of nitriles is 1. The predicted molar refractivity (Wildman–Crippen MR) is 79.9 cm³/mol. The Hall–Kier alpha value is -0.550. The summed E-state index contributed by atoms with van der Waals surface area (Å²) in [7, 11) is 0. The highest BCUT2D eigenvalue weighted by Crippen LogP contribution is 2.55. The normalized spacial score (nSPS) is 48.5. The quantitative estimate of drug-likeness (QED) is 0.835. The molecule has 0 aromatic rings. The van der Waals surface area contributed by atoms with E-state index < -0.39 is 0 Å². The molecule has 0 aliphatic heterocycles. The molecule has 0 aromatic carbocycles. The largest absolute Gasteiger partial charge is 0.390 e. The van der Waals surface area contributed by atoms with Crippen molar-refractivity contribution in [3.05, 3.63) is 0 Å². The second-order valence-corrected chi connectivity index (χ2v) is 7.97. The summed E-state index contributed by atoms with van der Waals surface area (Å²) in [6.45, 7) is 2.32. The molecule has 0 saturated heterocycles. The molecule has 3 saturated carbocycles. The molecule has 0 heterocycles. The topological polar surface area (TPSA) is 44.0 Å². The van der Waals surface area contributed by atoms with E-state index in [4.69, 9.17) is 5.26 Å². The standard InChI is InChI=1S/C18H29NO/c1-13-6-8-18(20,9-7-13)17-11-16(17)10-14-2-4-15(12-19)5-3-14/h13-17,20H,2-11H2,1H3. The molecule has 2 heteroatoms. The van der Waals surface area contributed by atoms with Crippen LogP contribution < -0.4 is 0 Å². The number of aliphatic hydroxyl groups is 1. The molecule has 0 amide bonds. The summed E-state index contributed by atoms with van der Waals surface area (Å²) in [5.41, 5.74) is -0.318. The average molecular weight is 275 g/mol. The lowest BCUT2D eigenvalue weighted by atomic mass is 9.75. The van der Waals surface area contributed by atoms with Gasteiger partial charge in [-0.05, 0) is 87.9 Å². The minimum atomic E-state index is -0.318. The van der Waals surface area contributed by atoms with Gasteiger partial charge < -0.3 is 5.11 Å². The lowest BCUT2D eigenvalue weighted by Gasteiger charge is -2.36. The van der Waals surface area contributed by atoms with Gasteiger partial charge in [-0.25, -0.2) is 0 Å². The third kappa shape index (κ3) is 3.03. The lowest BCUT2D eigenvalue weighted by molar-refractivity contribution is -0.0323. The molecule has 3 aliphatic carbocycles. The van der Waals surface area contributed by atoms with Crippen LogP contribution in [0.2, 0.25) is 0 Å². The Morgan fingerprint density at radius 3 is 2.35 bits per heavy atom. The second-order valence-electron chi connectivity index (χ2n) is 7.97. The zero-order valence-corrected chi connectivity index (χ0v) is 12.9. The van der Waals surface area contributed by atoms with Gasteiger partial charge in [0.05, 0.1) is 11.7 Å². The molecule has 3 rings (SSSR count). The minimum absolute atomic E-state index is 0.318. The van der Waals surface area contributed by atoms with Gasteiger partial charge in [0.2, 0.25) is 0 Å². The summed E-state index contributed by atoms with van der Waals surface area (Å²) in [4.78, 5) is 0. The Labute approximate surface area is 123 Å². The van der Waals surface area contributed by atoms with Crippen LogP contribution >= 0.6 is 0 Å². The van der Waals surface area contributed by atoms with Gasteiger partial charge in [0.25, 0.3) is 0 Å². The third-order valence-electron chi connectivity index (χ3n) is 6.42. The molecule has 0 aromatic heterocycles. The lowest BCUT2D eigenvalue weighted by Crippen LogP contribution is -2.36. The zero-order valence-electron chi connectivity index (χ0n) is 12.9. The van der Waals surface area contributed by atoms with Crippen LogP contribution in [-0.4, -0.2) is 10.7 Å². The van der Waals surface area contributed by atoms with Crippen molar-refractivity contribution in [2.45, 2.75) is 76.7 Å². The van der Waals surface area contributed by atoms with E-state index in [0.717, 1.165) is 43.4 Å². The molecule has 2 nitrogen and oxygen atoms in total. The Bertz CT molecular complexity index is 369. The van der Waals surface area contributed by atoms with E-state index in [9.17, 15) is 5.11 Å². The molecule has 3 fully saturated rings. The summed E-state index contributed by atoms with van der Waals surface area (Å²) in [6, 6.07) is 2.42. The first-order valence-electron chi connectivity index (χ1n) is 8.72. The average Bonchev–Trinajstić information content (AvgIpc) is 3.23. The maximum Gasteiger partial charge on any atom is 0.0678 e. The Kier molecular flexibility index (Phi) is 4.09. The minimum Gasteiger partial charge on any atom is -0.390 e. The monoisotopic (exact) mass is 275 g/mol. The van der Waals surface area contributed by atoms with E-state index in [-0.39, 0.29) is 5.60 Å². The van der Waals surface area contributed by atoms with Gasteiger partial charge in [-0.15, -0.1) is 0 Å². The van der Waals surface area contributed by atoms with Crippen LogP contribution in [0.15, 0.2) is 0 Å². The fourth-order valence-electron chi connectivity index (χ4n) is 4.75. The van der Waals surface area contributed by atoms with Crippen LogP contribution in [-0.2, 0) is 0 Å². The molecule has 0 radical (unpaired) electrons. The van der Waals surface area contributed by atoms with Crippen molar-refractivity contribution in [3.63, 3.8) is 0 Å². The molecular formula is C18H29NO. The maximum atomic E-state index is 10.9. The van der Waals surface area contributed by atoms with Crippen LogP contribution in [0.3, 0.4) is 0 Å². The SMILES string of the molecule is CC1CCC(O)(C2CC2CC2CCC(C#N)CC2)CC1. The van der Waals surface area contributed by atoms with E-state index in [0.29, 0.717) is 11.8 Å². The summed E-state index contributed by atoms with van der Waals surface area (Å²) < 4.78 is 0. The zero-order chi connectivity index (χ0) is 14.2. The van der Waals surface area contributed by atoms with Crippen LogP contribution in [0, 0.1) is 40.9 Å². The van der Waals surface area contributed by atoms with Gasteiger partial charge in [-0.2, -0.15) is 5.26 Å². The maximum absolute atomic E-state index is 10.9. The van der Waals surface area contributed by atoms with Gasteiger partial charge in [-0.1, -0.05) is 6.92 Å². The summed E-state index contributed by atoms with van der Waals surface area (Å²) in [5.74, 6) is 3.36. The van der Waals surface area contributed by atoms with Crippen molar-refractivity contribution >= 4 is 0 Å². The molecule has 1 N–H and O–H groups in total. The van der Waals surface area contributed by atoms with Crippen molar-refractivity contribution in [1.29, 1.82) is 5.26 Å². The van der Waals surface area contributed by atoms with Crippen molar-refractivity contribution in [3.8, 4) is 6.07 Å². The molecular weight excluding hydrogens is 246 g/mol. The Morgan fingerprint density at radius 2 is 1.75 bits per heavy atom. The Morgan fingerprint density at radius 1 is 1.10 bits per heavy atom. The van der Waals surface area contributed by atoms with Crippen LogP contribution in [0.25, 0.3) is 0 Å².